The van der Waals surface area contributed by atoms with E-state index in [-0.39, 0.29) is 10.6 Å². The zero-order chi connectivity index (χ0) is 20.3. The molecule has 1 unspecified atom stereocenters. The van der Waals surface area contributed by atoms with E-state index in [1.165, 1.54) is 19.1 Å². The molecule has 1 fully saturated rings. The molecule has 150 valence electrons. The van der Waals surface area contributed by atoms with Crippen molar-refractivity contribution in [3.8, 4) is 0 Å². The molecule has 1 N–H and O–H groups in total. The molecule has 1 aliphatic rings. The third-order valence-corrected chi connectivity index (χ3v) is 6.96. The van der Waals surface area contributed by atoms with Crippen LogP contribution in [0.2, 0.25) is 0 Å². The van der Waals surface area contributed by atoms with Crippen molar-refractivity contribution in [1.29, 1.82) is 0 Å². The largest absolute Gasteiger partial charge is 0.370 e. The SMILES string of the molecule is CC(C(=O)Nc1cc(F)ccc1N1CCCCC1)S(=O)(=O)c1ccc(F)cc1. The molecular weight excluding hydrogens is 386 g/mol. The van der Waals surface area contributed by atoms with E-state index in [0.29, 0.717) is 5.69 Å². The molecular formula is C20H22F2N2O3S. The summed E-state index contributed by atoms with van der Waals surface area (Å²) in [7, 11) is -4.01. The first-order valence-electron chi connectivity index (χ1n) is 9.14. The topological polar surface area (TPSA) is 66.5 Å². The van der Waals surface area contributed by atoms with Crippen LogP contribution >= 0.6 is 0 Å². The van der Waals surface area contributed by atoms with E-state index in [2.05, 4.69) is 10.2 Å². The number of amides is 1. The Balaban J connectivity index is 1.84. The van der Waals surface area contributed by atoms with Crippen LogP contribution in [0, 0.1) is 11.6 Å². The van der Waals surface area contributed by atoms with Gasteiger partial charge in [0.05, 0.1) is 16.3 Å². The predicted octanol–water partition coefficient (Wildman–Crippen LogP) is 3.76. The average molecular weight is 408 g/mol. The van der Waals surface area contributed by atoms with Gasteiger partial charge in [0.25, 0.3) is 0 Å². The van der Waals surface area contributed by atoms with Crippen molar-refractivity contribution < 1.29 is 22.0 Å². The first kappa shape index (κ1) is 20.3. The summed E-state index contributed by atoms with van der Waals surface area (Å²) in [5, 5.41) is 1.14. The molecule has 2 aromatic carbocycles. The van der Waals surface area contributed by atoms with Gasteiger partial charge < -0.3 is 10.2 Å². The summed E-state index contributed by atoms with van der Waals surface area (Å²) < 4.78 is 52.2. The number of halogens is 2. The second-order valence-corrected chi connectivity index (χ2v) is 9.11. The number of anilines is 2. The van der Waals surface area contributed by atoms with Gasteiger partial charge in [-0.05, 0) is 68.7 Å². The summed E-state index contributed by atoms with van der Waals surface area (Å²) in [5.74, 6) is -1.86. The highest BCUT2D eigenvalue weighted by molar-refractivity contribution is 7.92. The van der Waals surface area contributed by atoms with Gasteiger partial charge in [-0.1, -0.05) is 0 Å². The maximum absolute atomic E-state index is 13.8. The van der Waals surface area contributed by atoms with Crippen molar-refractivity contribution in [1.82, 2.24) is 0 Å². The van der Waals surface area contributed by atoms with Crippen LogP contribution in [0.3, 0.4) is 0 Å². The molecule has 8 heteroatoms. The van der Waals surface area contributed by atoms with Crippen molar-refractivity contribution in [2.45, 2.75) is 36.3 Å². The molecule has 3 rings (SSSR count). The molecule has 28 heavy (non-hydrogen) atoms. The standard InChI is InChI=1S/C20H22F2N2O3S/c1-14(28(26,27)17-8-5-15(21)6-9-17)20(25)23-18-13-16(22)7-10-19(18)24-11-3-2-4-12-24/h5-10,13-14H,2-4,11-12H2,1H3,(H,23,25). The van der Waals surface area contributed by atoms with Gasteiger partial charge in [0, 0.05) is 13.1 Å². The quantitative estimate of drug-likeness (QED) is 0.765. The molecule has 1 atom stereocenters. The van der Waals surface area contributed by atoms with Crippen LogP contribution in [-0.2, 0) is 14.6 Å². The van der Waals surface area contributed by atoms with E-state index >= 15 is 0 Å². The van der Waals surface area contributed by atoms with Gasteiger partial charge in [-0.25, -0.2) is 17.2 Å². The van der Waals surface area contributed by atoms with Gasteiger partial charge in [0.2, 0.25) is 5.91 Å². The van der Waals surface area contributed by atoms with Crippen LogP contribution in [0.4, 0.5) is 20.2 Å². The normalized spacial score (nSPS) is 15.9. The molecule has 5 nitrogen and oxygen atoms in total. The first-order valence-corrected chi connectivity index (χ1v) is 10.7. The van der Waals surface area contributed by atoms with Crippen molar-refractivity contribution in [3.63, 3.8) is 0 Å². The van der Waals surface area contributed by atoms with Crippen LogP contribution < -0.4 is 10.2 Å². The Hall–Kier alpha value is -2.48. The number of benzene rings is 2. The Morgan fingerprint density at radius 3 is 2.25 bits per heavy atom. The van der Waals surface area contributed by atoms with Crippen molar-refractivity contribution in [3.05, 3.63) is 54.1 Å². The van der Waals surface area contributed by atoms with Gasteiger partial charge in [-0.3, -0.25) is 4.79 Å². The van der Waals surface area contributed by atoms with Crippen LogP contribution in [0.15, 0.2) is 47.4 Å². The maximum Gasteiger partial charge on any atom is 0.242 e. The minimum Gasteiger partial charge on any atom is -0.370 e. The number of hydrogen-bond donors (Lipinski definition) is 1. The van der Waals surface area contributed by atoms with Crippen LogP contribution in [0.1, 0.15) is 26.2 Å². The molecule has 1 saturated heterocycles. The maximum atomic E-state index is 13.8. The Bertz CT molecular complexity index is 956. The van der Waals surface area contributed by atoms with E-state index < -0.39 is 32.6 Å². The van der Waals surface area contributed by atoms with Crippen molar-refractivity contribution in [2.24, 2.45) is 0 Å². The number of carbonyl (C=O) groups is 1. The summed E-state index contributed by atoms with van der Waals surface area (Å²) in [4.78, 5) is 14.5. The van der Waals surface area contributed by atoms with Gasteiger partial charge in [0.15, 0.2) is 9.84 Å². The molecule has 0 aliphatic carbocycles. The van der Waals surface area contributed by atoms with Crippen LogP contribution in [-0.4, -0.2) is 32.7 Å². The molecule has 0 bridgehead atoms. The summed E-state index contributed by atoms with van der Waals surface area (Å²) in [6.45, 7) is 2.84. The van der Waals surface area contributed by atoms with Gasteiger partial charge in [0.1, 0.15) is 16.9 Å². The summed E-state index contributed by atoms with van der Waals surface area (Å²) in [5.41, 5.74) is 0.911. The fourth-order valence-corrected chi connectivity index (χ4v) is 4.49. The lowest BCUT2D eigenvalue weighted by Crippen LogP contribution is -2.34. The lowest BCUT2D eigenvalue weighted by Gasteiger charge is -2.30. The summed E-state index contributed by atoms with van der Waals surface area (Å²) in [6, 6.07) is 8.40. The fourth-order valence-electron chi connectivity index (χ4n) is 3.22. The zero-order valence-corrected chi connectivity index (χ0v) is 16.3. The monoisotopic (exact) mass is 408 g/mol. The second kappa shape index (κ2) is 8.26. The van der Waals surface area contributed by atoms with Gasteiger partial charge in [-0.2, -0.15) is 0 Å². The van der Waals surface area contributed by atoms with E-state index in [9.17, 15) is 22.0 Å². The van der Waals surface area contributed by atoms with E-state index in [0.717, 1.165) is 56.6 Å². The Labute approximate surface area is 163 Å². The number of hydrogen-bond acceptors (Lipinski definition) is 4. The molecule has 1 amide bonds. The number of rotatable bonds is 5. The predicted molar refractivity (Wildman–Crippen MR) is 104 cm³/mol. The molecule has 1 aliphatic heterocycles. The fraction of sp³-hybridized carbons (Fsp3) is 0.350. The number of sulfone groups is 1. The van der Waals surface area contributed by atoms with Crippen molar-refractivity contribution >= 4 is 27.1 Å². The van der Waals surface area contributed by atoms with Crippen molar-refractivity contribution in [2.75, 3.05) is 23.3 Å². The second-order valence-electron chi connectivity index (χ2n) is 6.84. The smallest absolute Gasteiger partial charge is 0.242 e. The van der Waals surface area contributed by atoms with Gasteiger partial charge in [-0.15, -0.1) is 0 Å². The molecule has 0 saturated carbocycles. The van der Waals surface area contributed by atoms with Gasteiger partial charge >= 0.3 is 0 Å². The Kier molecular flexibility index (Phi) is 5.98. The third-order valence-electron chi connectivity index (χ3n) is 4.89. The van der Waals surface area contributed by atoms with E-state index in [1.807, 2.05) is 0 Å². The minimum absolute atomic E-state index is 0.146. The molecule has 2 aromatic rings. The lowest BCUT2D eigenvalue weighted by molar-refractivity contribution is -0.115. The number of nitrogens with one attached hydrogen (secondary N) is 1. The Morgan fingerprint density at radius 2 is 1.61 bits per heavy atom. The highest BCUT2D eigenvalue weighted by Gasteiger charge is 2.30. The highest BCUT2D eigenvalue weighted by Crippen LogP contribution is 2.30. The summed E-state index contributed by atoms with van der Waals surface area (Å²) >= 11 is 0. The zero-order valence-electron chi connectivity index (χ0n) is 15.5. The average Bonchev–Trinajstić information content (AvgIpc) is 2.68. The molecule has 1 heterocycles. The van der Waals surface area contributed by atoms with E-state index in [4.69, 9.17) is 0 Å². The molecule has 0 radical (unpaired) electrons. The summed E-state index contributed by atoms with van der Waals surface area (Å²) in [6.07, 6.45) is 3.12. The number of piperidine rings is 1. The third kappa shape index (κ3) is 4.32. The lowest BCUT2D eigenvalue weighted by atomic mass is 10.1. The number of carbonyl (C=O) groups excluding carboxylic acids is 1. The van der Waals surface area contributed by atoms with E-state index in [1.54, 1.807) is 6.07 Å². The Morgan fingerprint density at radius 1 is 1.00 bits per heavy atom. The van der Waals surface area contributed by atoms with Crippen LogP contribution in [0.5, 0.6) is 0 Å². The van der Waals surface area contributed by atoms with Crippen LogP contribution in [0.25, 0.3) is 0 Å². The first-order chi connectivity index (χ1) is 13.3. The number of nitrogens with zero attached hydrogens (tertiary/aromatic N) is 1. The highest BCUT2D eigenvalue weighted by atomic mass is 32.2. The molecule has 0 spiro atoms. The minimum atomic E-state index is -4.01. The molecule has 0 aromatic heterocycles.